The maximum absolute atomic E-state index is 9.71. The van der Waals surface area contributed by atoms with Crippen molar-refractivity contribution < 1.29 is 0 Å². The fourth-order valence-electron chi connectivity index (χ4n) is 6.42. The van der Waals surface area contributed by atoms with Crippen molar-refractivity contribution in [2.75, 3.05) is 0 Å². The van der Waals surface area contributed by atoms with Gasteiger partial charge in [0.15, 0.2) is 17.5 Å². The van der Waals surface area contributed by atoms with Gasteiger partial charge in [-0.05, 0) is 47.2 Å². The molecule has 0 N–H and O–H groups in total. The van der Waals surface area contributed by atoms with Gasteiger partial charge in [-0.3, -0.25) is 0 Å². The van der Waals surface area contributed by atoms with Gasteiger partial charge in [0, 0.05) is 22.1 Å². The number of benzene rings is 4. The highest BCUT2D eigenvalue weighted by Gasteiger charge is 2.45. The number of nitriles is 1. The Balaban J connectivity index is 1.49. The van der Waals surface area contributed by atoms with Crippen LogP contribution in [0.3, 0.4) is 0 Å². The van der Waals surface area contributed by atoms with Gasteiger partial charge in [-0.15, -0.1) is 0 Å². The number of nitrogens with zero attached hydrogens (tertiary/aromatic N) is 4. The SMILES string of the molecule is N#Cc1ccc2c(c1)C1(CCCCC1)c1cccc(-c3nc(-c4ccccc4)nc(-c4ccccc4)n3)c1-2. The Hall–Kier alpha value is -4.62. The fraction of sp³-hybridized carbons (Fsp3) is 0.176. The van der Waals surface area contributed by atoms with Crippen LogP contribution in [-0.4, -0.2) is 15.0 Å². The average molecular weight is 491 g/mol. The maximum atomic E-state index is 9.71. The summed E-state index contributed by atoms with van der Waals surface area (Å²) in [5.74, 6) is 2.01. The van der Waals surface area contributed by atoms with Crippen LogP contribution in [0.15, 0.2) is 97.1 Å². The molecule has 4 heteroatoms. The minimum Gasteiger partial charge on any atom is -0.208 e. The Labute approximate surface area is 222 Å². The second kappa shape index (κ2) is 9.04. The lowest BCUT2D eigenvalue weighted by atomic mass is 9.67. The summed E-state index contributed by atoms with van der Waals surface area (Å²) in [6.45, 7) is 0. The summed E-state index contributed by atoms with van der Waals surface area (Å²) in [6.07, 6.45) is 5.86. The molecule has 0 atom stereocenters. The highest BCUT2D eigenvalue weighted by molar-refractivity contribution is 5.92. The first-order valence-corrected chi connectivity index (χ1v) is 13.3. The predicted molar refractivity (Wildman–Crippen MR) is 150 cm³/mol. The molecular weight excluding hydrogens is 464 g/mol. The molecule has 0 amide bonds. The standard InChI is InChI=1S/C34H26N4/c35-22-23-17-18-26-29(21-23)34(19-8-3-9-20-34)28-16-10-15-27(30(26)28)33-37-31(24-11-4-1-5-12-24)36-32(38-33)25-13-6-2-7-14-25/h1-2,4-7,10-18,21H,3,8-9,19-20H2. The molecule has 0 bridgehead atoms. The Morgan fingerprint density at radius 2 is 1.21 bits per heavy atom. The van der Waals surface area contributed by atoms with Gasteiger partial charge in [-0.25, -0.2) is 15.0 Å². The van der Waals surface area contributed by atoms with Crippen molar-refractivity contribution in [3.05, 3.63) is 114 Å². The van der Waals surface area contributed by atoms with Crippen molar-refractivity contribution in [1.82, 2.24) is 15.0 Å². The van der Waals surface area contributed by atoms with Gasteiger partial charge in [-0.1, -0.05) is 104 Å². The van der Waals surface area contributed by atoms with Crippen molar-refractivity contribution in [2.24, 2.45) is 0 Å². The van der Waals surface area contributed by atoms with E-state index in [-0.39, 0.29) is 5.41 Å². The minimum absolute atomic E-state index is 0.0522. The van der Waals surface area contributed by atoms with Crippen molar-refractivity contribution in [3.63, 3.8) is 0 Å². The van der Waals surface area contributed by atoms with Gasteiger partial charge in [0.05, 0.1) is 11.6 Å². The lowest BCUT2D eigenvalue weighted by Gasteiger charge is -2.36. The topological polar surface area (TPSA) is 62.5 Å². The monoisotopic (exact) mass is 490 g/mol. The van der Waals surface area contributed by atoms with Crippen LogP contribution >= 0.6 is 0 Å². The summed E-state index contributed by atoms with van der Waals surface area (Å²) >= 11 is 0. The van der Waals surface area contributed by atoms with E-state index in [9.17, 15) is 5.26 Å². The van der Waals surface area contributed by atoms with E-state index >= 15 is 0 Å². The van der Waals surface area contributed by atoms with Crippen LogP contribution < -0.4 is 0 Å². The molecule has 1 spiro atoms. The third kappa shape index (κ3) is 3.55. The molecule has 4 aromatic carbocycles. The lowest BCUT2D eigenvalue weighted by Crippen LogP contribution is -2.28. The molecule has 1 heterocycles. The summed E-state index contributed by atoms with van der Waals surface area (Å²) in [7, 11) is 0. The number of rotatable bonds is 3. The zero-order valence-electron chi connectivity index (χ0n) is 21.1. The molecule has 4 nitrogen and oxygen atoms in total. The highest BCUT2D eigenvalue weighted by Crippen LogP contribution is 2.57. The van der Waals surface area contributed by atoms with Gasteiger partial charge in [0.2, 0.25) is 0 Å². The first-order chi connectivity index (χ1) is 18.8. The van der Waals surface area contributed by atoms with Gasteiger partial charge < -0.3 is 0 Å². The first-order valence-electron chi connectivity index (χ1n) is 13.3. The van der Waals surface area contributed by atoms with E-state index < -0.39 is 0 Å². The molecule has 1 fully saturated rings. The van der Waals surface area contributed by atoms with E-state index in [2.05, 4.69) is 36.4 Å². The Morgan fingerprint density at radius 1 is 0.579 bits per heavy atom. The molecule has 182 valence electrons. The summed E-state index contributed by atoms with van der Waals surface area (Å²) in [5.41, 5.74) is 8.67. The summed E-state index contributed by atoms with van der Waals surface area (Å²) in [6, 6.07) is 35.4. The summed E-state index contributed by atoms with van der Waals surface area (Å²) in [4.78, 5) is 15.0. The quantitative estimate of drug-likeness (QED) is 0.257. The van der Waals surface area contributed by atoms with E-state index in [1.54, 1.807) is 0 Å². The third-order valence-corrected chi connectivity index (χ3v) is 8.16. The normalized spacial score (nSPS) is 15.0. The van der Waals surface area contributed by atoms with E-state index in [0.29, 0.717) is 17.5 Å². The van der Waals surface area contributed by atoms with Crippen LogP contribution in [0, 0.1) is 11.3 Å². The zero-order valence-corrected chi connectivity index (χ0v) is 21.1. The van der Waals surface area contributed by atoms with Crippen LogP contribution in [0.2, 0.25) is 0 Å². The van der Waals surface area contributed by atoms with E-state index in [4.69, 9.17) is 15.0 Å². The molecular formula is C34H26N4. The van der Waals surface area contributed by atoms with E-state index in [0.717, 1.165) is 35.1 Å². The van der Waals surface area contributed by atoms with Crippen LogP contribution in [0.1, 0.15) is 48.8 Å². The smallest absolute Gasteiger partial charge is 0.164 e. The molecule has 1 aromatic heterocycles. The van der Waals surface area contributed by atoms with E-state index in [1.807, 2.05) is 66.7 Å². The van der Waals surface area contributed by atoms with Gasteiger partial charge in [0.25, 0.3) is 0 Å². The van der Waals surface area contributed by atoms with Gasteiger partial charge in [0.1, 0.15) is 0 Å². The van der Waals surface area contributed by atoms with E-state index in [1.165, 1.54) is 41.5 Å². The summed E-state index contributed by atoms with van der Waals surface area (Å²) in [5, 5.41) is 9.71. The molecule has 1 saturated carbocycles. The van der Waals surface area contributed by atoms with Crippen molar-refractivity contribution in [2.45, 2.75) is 37.5 Å². The largest absolute Gasteiger partial charge is 0.208 e. The summed E-state index contributed by atoms with van der Waals surface area (Å²) < 4.78 is 0. The number of hydrogen-bond acceptors (Lipinski definition) is 4. The molecule has 2 aliphatic rings. The molecule has 0 unspecified atom stereocenters. The van der Waals surface area contributed by atoms with Gasteiger partial charge >= 0.3 is 0 Å². The Bertz CT molecular complexity index is 1640. The van der Waals surface area contributed by atoms with Crippen molar-refractivity contribution >= 4 is 0 Å². The number of hydrogen-bond donors (Lipinski definition) is 0. The highest BCUT2D eigenvalue weighted by atomic mass is 15.0. The molecule has 2 aliphatic carbocycles. The average Bonchev–Trinajstić information content (AvgIpc) is 3.26. The molecule has 0 saturated heterocycles. The number of fused-ring (bicyclic) bond motifs is 5. The predicted octanol–water partition coefficient (Wildman–Crippen LogP) is 7.97. The zero-order chi connectivity index (χ0) is 25.5. The fourth-order valence-corrected chi connectivity index (χ4v) is 6.42. The minimum atomic E-state index is -0.0522. The molecule has 0 aliphatic heterocycles. The Kier molecular flexibility index (Phi) is 5.37. The maximum Gasteiger partial charge on any atom is 0.164 e. The van der Waals surface area contributed by atoms with Crippen molar-refractivity contribution in [3.8, 4) is 51.4 Å². The van der Waals surface area contributed by atoms with Crippen LogP contribution in [0.4, 0.5) is 0 Å². The van der Waals surface area contributed by atoms with Crippen LogP contribution in [-0.2, 0) is 5.41 Å². The molecule has 7 rings (SSSR count). The first kappa shape index (κ1) is 22.6. The Morgan fingerprint density at radius 3 is 1.84 bits per heavy atom. The number of aromatic nitrogens is 3. The second-order valence-corrected chi connectivity index (χ2v) is 10.3. The van der Waals surface area contributed by atoms with Crippen LogP contribution in [0.5, 0.6) is 0 Å². The second-order valence-electron chi connectivity index (χ2n) is 10.3. The van der Waals surface area contributed by atoms with Crippen LogP contribution in [0.25, 0.3) is 45.3 Å². The van der Waals surface area contributed by atoms with Gasteiger partial charge in [-0.2, -0.15) is 5.26 Å². The lowest BCUT2D eigenvalue weighted by molar-refractivity contribution is 0.353. The molecule has 38 heavy (non-hydrogen) atoms. The van der Waals surface area contributed by atoms with Crippen molar-refractivity contribution in [1.29, 1.82) is 5.26 Å². The molecule has 5 aromatic rings. The third-order valence-electron chi connectivity index (χ3n) is 8.16. The molecule has 0 radical (unpaired) electrons.